The van der Waals surface area contributed by atoms with Gasteiger partial charge in [0, 0.05) is 5.39 Å². The summed E-state index contributed by atoms with van der Waals surface area (Å²) >= 11 is 3.37. The number of ether oxygens (including phenoxy) is 1. The van der Waals surface area contributed by atoms with Gasteiger partial charge in [-0.3, -0.25) is 0 Å². The fourth-order valence-corrected chi connectivity index (χ4v) is 2.79. The summed E-state index contributed by atoms with van der Waals surface area (Å²) in [5.41, 5.74) is 0. The first-order chi connectivity index (χ1) is 6.24. The first kappa shape index (κ1) is 9.21. The van der Waals surface area contributed by atoms with Gasteiger partial charge in [0.15, 0.2) is 5.82 Å². The van der Waals surface area contributed by atoms with Gasteiger partial charge in [0.1, 0.15) is 5.75 Å². The van der Waals surface area contributed by atoms with Crippen molar-refractivity contribution in [3.63, 3.8) is 0 Å². The Morgan fingerprint density at radius 2 is 2.31 bits per heavy atom. The molecule has 1 aromatic heterocycles. The molecule has 4 heteroatoms. The van der Waals surface area contributed by atoms with E-state index in [4.69, 9.17) is 4.74 Å². The van der Waals surface area contributed by atoms with Crippen molar-refractivity contribution in [3.8, 4) is 5.75 Å². The molecule has 68 valence electrons. The van der Waals surface area contributed by atoms with E-state index in [0.29, 0.717) is 8.27 Å². The molecule has 0 spiro atoms. The number of halogens is 2. The highest BCUT2D eigenvalue weighted by molar-refractivity contribution is 14.1. The van der Waals surface area contributed by atoms with E-state index < -0.39 is 0 Å². The normalized spacial score (nSPS) is 10.7. The zero-order valence-corrected chi connectivity index (χ0v) is 9.78. The van der Waals surface area contributed by atoms with Crippen molar-refractivity contribution in [2.24, 2.45) is 0 Å². The standard InChI is InChI=1S/C9H6FIOS/c1-12-7-4-6(11)8(10)9-5(7)2-3-13-9/h2-4H,1H3. The highest BCUT2D eigenvalue weighted by Gasteiger charge is 2.11. The lowest BCUT2D eigenvalue weighted by molar-refractivity contribution is 0.419. The topological polar surface area (TPSA) is 9.23 Å². The molecule has 1 nitrogen and oxygen atoms in total. The molecule has 1 aromatic carbocycles. The Labute approximate surface area is 92.7 Å². The number of benzene rings is 1. The number of hydrogen-bond donors (Lipinski definition) is 0. The Morgan fingerprint density at radius 3 is 3.00 bits per heavy atom. The maximum Gasteiger partial charge on any atom is 0.154 e. The van der Waals surface area contributed by atoms with Crippen LogP contribution in [0.25, 0.3) is 10.1 Å². The summed E-state index contributed by atoms with van der Waals surface area (Å²) in [6.07, 6.45) is 0. The van der Waals surface area contributed by atoms with Crippen LogP contribution in [0.2, 0.25) is 0 Å². The van der Waals surface area contributed by atoms with Crippen molar-refractivity contribution in [1.82, 2.24) is 0 Å². The fraction of sp³-hybridized carbons (Fsp3) is 0.111. The van der Waals surface area contributed by atoms with Gasteiger partial charge in [-0.1, -0.05) is 0 Å². The monoisotopic (exact) mass is 308 g/mol. The molecule has 0 amide bonds. The van der Waals surface area contributed by atoms with Crippen LogP contribution in [0.3, 0.4) is 0 Å². The van der Waals surface area contributed by atoms with Crippen molar-refractivity contribution in [3.05, 3.63) is 26.9 Å². The summed E-state index contributed by atoms with van der Waals surface area (Å²) in [5, 5.41) is 2.72. The lowest BCUT2D eigenvalue weighted by Gasteiger charge is -2.03. The van der Waals surface area contributed by atoms with Crippen molar-refractivity contribution in [2.75, 3.05) is 7.11 Å². The van der Waals surface area contributed by atoms with Gasteiger partial charge in [-0.15, -0.1) is 11.3 Å². The lowest BCUT2D eigenvalue weighted by atomic mass is 10.2. The van der Waals surface area contributed by atoms with Crippen molar-refractivity contribution >= 4 is 44.0 Å². The molecule has 2 aromatic rings. The molecule has 0 aliphatic heterocycles. The van der Waals surface area contributed by atoms with Crippen molar-refractivity contribution in [1.29, 1.82) is 0 Å². The van der Waals surface area contributed by atoms with E-state index in [2.05, 4.69) is 0 Å². The third kappa shape index (κ3) is 1.42. The Balaban J connectivity index is 2.87. The molecule has 0 aliphatic rings. The van der Waals surface area contributed by atoms with Crippen LogP contribution in [0.15, 0.2) is 17.5 Å². The van der Waals surface area contributed by atoms with E-state index in [0.717, 1.165) is 11.1 Å². The smallest absolute Gasteiger partial charge is 0.154 e. The lowest BCUT2D eigenvalue weighted by Crippen LogP contribution is -1.87. The minimum Gasteiger partial charge on any atom is -0.496 e. The zero-order valence-electron chi connectivity index (χ0n) is 6.80. The average Bonchev–Trinajstić information content (AvgIpc) is 2.60. The summed E-state index contributed by atoms with van der Waals surface area (Å²) in [4.78, 5) is 0. The summed E-state index contributed by atoms with van der Waals surface area (Å²) < 4.78 is 19.9. The van der Waals surface area contributed by atoms with Gasteiger partial charge >= 0.3 is 0 Å². The molecule has 0 saturated heterocycles. The van der Waals surface area contributed by atoms with Crippen molar-refractivity contribution in [2.45, 2.75) is 0 Å². The molecular weight excluding hydrogens is 302 g/mol. The number of fused-ring (bicyclic) bond motifs is 1. The maximum absolute atomic E-state index is 13.5. The van der Waals surface area contributed by atoms with Crippen LogP contribution in [-0.2, 0) is 0 Å². The molecular formula is C9H6FIOS. The third-order valence-electron chi connectivity index (χ3n) is 1.82. The maximum atomic E-state index is 13.5. The van der Waals surface area contributed by atoms with Crippen LogP contribution in [0.4, 0.5) is 4.39 Å². The number of thiophene rings is 1. The second-order valence-electron chi connectivity index (χ2n) is 2.54. The van der Waals surface area contributed by atoms with E-state index in [9.17, 15) is 4.39 Å². The van der Waals surface area contributed by atoms with Gasteiger partial charge in [0.05, 0.1) is 15.4 Å². The van der Waals surface area contributed by atoms with E-state index in [1.807, 2.05) is 34.0 Å². The summed E-state index contributed by atoms with van der Waals surface area (Å²) in [6, 6.07) is 3.59. The molecule has 0 N–H and O–H groups in total. The SMILES string of the molecule is COc1cc(I)c(F)c2sccc12. The minimum absolute atomic E-state index is 0.147. The fourth-order valence-electron chi connectivity index (χ4n) is 1.21. The summed E-state index contributed by atoms with van der Waals surface area (Å²) in [5.74, 6) is 0.591. The van der Waals surface area contributed by atoms with Gasteiger partial charge < -0.3 is 4.74 Å². The van der Waals surface area contributed by atoms with E-state index in [-0.39, 0.29) is 5.82 Å². The van der Waals surface area contributed by atoms with Crippen molar-refractivity contribution < 1.29 is 9.13 Å². The molecule has 0 atom stereocenters. The third-order valence-corrected chi connectivity index (χ3v) is 3.51. The first-order valence-electron chi connectivity index (χ1n) is 3.63. The molecule has 0 fully saturated rings. The molecule has 1 heterocycles. The second-order valence-corrected chi connectivity index (χ2v) is 4.62. The van der Waals surface area contributed by atoms with Crippen LogP contribution in [0.5, 0.6) is 5.75 Å². The highest BCUT2D eigenvalue weighted by atomic mass is 127. The number of methoxy groups -OCH3 is 1. The van der Waals surface area contributed by atoms with E-state index >= 15 is 0 Å². The van der Waals surface area contributed by atoms with Gasteiger partial charge in [-0.05, 0) is 40.1 Å². The van der Waals surface area contributed by atoms with Crippen LogP contribution < -0.4 is 4.74 Å². The van der Waals surface area contributed by atoms with Gasteiger partial charge in [-0.2, -0.15) is 0 Å². The summed E-state index contributed by atoms with van der Waals surface area (Å²) in [7, 11) is 1.60. The summed E-state index contributed by atoms with van der Waals surface area (Å²) in [6.45, 7) is 0. The number of hydrogen-bond acceptors (Lipinski definition) is 2. The Hall–Kier alpha value is -0.360. The highest BCUT2D eigenvalue weighted by Crippen LogP contribution is 2.34. The molecule has 0 bridgehead atoms. The average molecular weight is 308 g/mol. The predicted molar refractivity (Wildman–Crippen MR) is 61.1 cm³/mol. The largest absolute Gasteiger partial charge is 0.496 e. The van der Waals surface area contributed by atoms with E-state index in [1.165, 1.54) is 11.3 Å². The Morgan fingerprint density at radius 1 is 1.54 bits per heavy atom. The van der Waals surface area contributed by atoms with Crippen LogP contribution in [0, 0.1) is 9.39 Å². The van der Waals surface area contributed by atoms with E-state index in [1.54, 1.807) is 13.2 Å². The molecule has 2 rings (SSSR count). The quantitative estimate of drug-likeness (QED) is 0.731. The zero-order chi connectivity index (χ0) is 9.42. The minimum atomic E-state index is -0.147. The Bertz CT molecular complexity index is 452. The number of rotatable bonds is 1. The second kappa shape index (κ2) is 3.42. The van der Waals surface area contributed by atoms with Crippen LogP contribution in [-0.4, -0.2) is 7.11 Å². The van der Waals surface area contributed by atoms with Crippen LogP contribution >= 0.6 is 33.9 Å². The molecule has 0 aliphatic carbocycles. The predicted octanol–water partition coefficient (Wildman–Crippen LogP) is 3.65. The molecule has 0 unspecified atom stereocenters. The molecule has 0 radical (unpaired) electrons. The van der Waals surface area contributed by atoms with Gasteiger partial charge in [0.25, 0.3) is 0 Å². The van der Waals surface area contributed by atoms with Crippen LogP contribution in [0.1, 0.15) is 0 Å². The Kier molecular flexibility index (Phi) is 2.42. The molecule has 13 heavy (non-hydrogen) atoms. The van der Waals surface area contributed by atoms with Gasteiger partial charge in [-0.25, -0.2) is 4.39 Å². The van der Waals surface area contributed by atoms with Gasteiger partial charge in [0.2, 0.25) is 0 Å². The molecule has 0 saturated carbocycles. The first-order valence-corrected chi connectivity index (χ1v) is 5.59.